The van der Waals surface area contributed by atoms with Crippen molar-refractivity contribution in [3.05, 3.63) is 82.5 Å². The number of fused-ring (bicyclic) bond motifs is 1. The van der Waals surface area contributed by atoms with E-state index < -0.39 is 23.6 Å². The minimum Gasteiger partial charge on any atom is -0.481 e. The molecule has 40 heavy (non-hydrogen) atoms. The molecule has 1 aliphatic rings. The molecule has 0 saturated heterocycles. The van der Waals surface area contributed by atoms with Crippen LogP contribution in [0.3, 0.4) is 0 Å². The summed E-state index contributed by atoms with van der Waals surface area (Å²) >= 11 is 7.48. The fraction of sp³-hybridized carbons (Fsp3) is 0.207. The minimum absolute atomic E-state index is 0.330. The van der Waals surface area contributed by atoms with Crippen LogP contribution in [0, 0.1) is 6.92 Å². The van der Waals surface area contributed by atoms with Crippen LogP contribution in [0.25, 0.3) is 32.7 Å². The second-order valence-electron chi connectivity index (χ2n) is 9.74. The summed E-state index contributed by atoms with van der Waals surface area (Å²) in [6, 6.07) is 18.5. The van der Waals surface area contributed by atoms with Crippen molar-refractivity contribution in [1.29, 1.82) is 0 Å². The van der Waals surface area contributed by atoms with Gasteiger partial charge >= 0.3 is 12.1 Å². The number of nitrogens with one attached hydrogen (secondary N) is 1. The molecule has 1 aliphatic carbocycles. The van der Waals surface area contributed by atoms with Crippen LogP contribution in [0.2, 0.25) is 5.02 Å². The summed E-state index contributed by atoms with van der Waals surface area (Å²) < 4.78 is 16.2. The summed E-state index contributed by atoms with van der Waals surface area (Å²) in [7, 11) is 0. The Morgan fingerprint density at radius 1 is 1.10 bits per heavy atom. The van der Waals surface area contributed by atoms with Crippen molar-refractivity contribution >= 4 is 51.1 Å². The zero-order valence-corrected chi connectivity index (χ0v) is 23.0. The normalized spacial score (nSPS) is 14.6. The van der Waals surface area contributed by atoms with Crippen molar-refractivity contribution in [3.8, 4) is 22.5 Å². The Balaban J connectivity index is 1.28. The molecule has 9 nitrogen and oxygen atoms in total. The van der Waals surface area contributed by atoms with Gasteiger partial charge in [-0.3, -0.25) is 10.1 Å². The van der Waals surface area contributed by atoms with Crippen LogP contribution >= 0.6 is 23.1 Å². The zero-order chi connectivity index (χ0) is 28.0. The Morgan fingerprint density at radius 2 is 1.82 bits per heavy atom. The number of ether oxygens (including phenoxy) is 1. The minimum atomic E-state index is -0.785. The highest BCUT2D eigenvalue weighted by atomic mass is 35.5. The van der Waals surface area contributed by atoms with Crippen molar-refractivity contribution in [1.82, 2.24) is 14.7 Å². The lowest BCUT2D eigenvalue weighted by molar-refractivity contribution is -0.140. The number of halogens is 1. The van der Waals surface area contributed by atoms with Crippen molar-refractivity contribution in [3.63, 3.8) is 0 Å². The third-order valence-electron chi connectivity index (χ3n) is 7.27. The van der Waals surface area contributed by atoms with Gasteiger partial charge < -0.3 is 14.4 Å². The largest absolute Gasteiger partial charge is 0.481 e. The second-order valence-corrected chi connectivity index (χ2v) is 10.9. The van der Waals surface area contributed by atoms with E-state index in [1.54, 1.807) is 26.0 Å². The number of nitrogens with zero attached hydrogens (tertiary/aromatic N) is 3. The number of amides is 1. The highest BCUT2D eigenvalue weighted by Crippen LogP contribution is 2.49. The maximum Gasteiger partial charge on any atom is 0.412 e. The number of carboxylic acid groups (broad SMARTS) is 1. The third kappa shape index (κ3) is 4.48. The molecule has 6 rings (SSSR count). The van der Waals surface area contributed by atoms with Crippen LogP contribution in [0.5, 0.6) is 0 Å². The molecule has 0 radical (unpaired) electrons. The number of aromatic nitrogens is 3. The molecular weight excluding hydrogens is 552 g/mol. The molecule has 1 fully saturated rings. The summed E-state index contributed by atoms with van der Waals surface area (Å²) in [5.41, 5.74) is 4.60. The van der Waals surface area contributed by atoms with Gasteiger partial charge in [0.25, 0.3) is 0 Å². The molecule has 5 aromatic rings. The number of anilines is 1. The Labute approximate surface area is 237 Å². The van der Waals surface area contributed by atoms with Gasteiger partial charge in [0.1, 0.15) is 23.0 Å². The summed E-state index contributed by atoms with van der Waals surface area (Å²) in [5.74, 6) is -0.454. The zero-order valence-electron chi connectivity index (χ0n) is 21.5. The van der Waals surface area contributed by atoms with E-state index in [1.807, 2.05) is 48.5 Å². The molecular formula is C29H23ClN4O5S. The third-order valence-corrected chi connectivity index (χ3v) is 8.38. The van der Waals surface area contributed by atoms with E-state index in [4.69, 9.17) is 20.9 Å². The molecule has 2 heterocycles. The summed E-state index contributed by atoms with van der Waals surface area (Å²) in [4.78, 5) is 24.5. The maximum absolute atomic E-state index is 12.8. The standard InChI is InChI=1S/C29H23ClN4O5S/c1-15-23(31-28(37)38-16(2)19-5-3-4-6-22(19)30)25(39-33-15)21-12-11-20(26-24(21)32-34-40-26)17-7-9-18(10-8-17)29(13-14-29)27(35)36/h3-12,16H,13-14H2,1-2H3,(H,31,37)(H,35,36). The molecule has 0 bridgehead atoms. The molecule has 1 unspecified atom stereocenters. The first-order valence-corrected chi connectivity index (χ1v) is 13.7. The molecule has 2 N–H and O–H groups in total. The van der Waals surface area contributed by atoms with Crippen LogP contribution in [0.15, 0.2) is 65.2 Å². The predicted octanol–water partition coefficient (Wildman–Crippen LogP) is 7.40. The first-order chi connectivity index (χ1) is 19.3. The van der Waals surface area contributed by atoms with E-state index >= 15 is 0 Å². The number of carboxylic acids is 1. The van der Waals surface area contributed by atoms with Gasteiger partial charge in [-0.1, -0.05) is 69.8 Å². The predicted molar refractivity (Wildman–Crippen MR) is 152 cm³/mol. The number of carbonyl (C=O) groups excluding carboxylic acids is 1. The van der Waals surface area contributed by atoms with Gasteiger partial charge in [-0.2, -0.15) is 0 Å². The van der Waals surface area contributed by atoms with E-state index in [2.05, 4.69) is 20.1 Å². The fourth-order valence-electron chi connectivity index (χ4n) is 4.86. The molecule has 3 aromatic carbocycles. The number of aryl methyl sites for hydroxylation is 1. The fourth-order valence-corrected chi connectivity index (χ4v) is 5.87. The van der Waals surface area contributed by atoms with Crippen molar-refractivity contribution < 1.29 is 24.0 Å². The molecule has 202 valence electrons. The van der Waals surface area contributed by atoms with Gasteiger partial charge in [0.15, 0.2) is 5.76 Å². The highest BCUT2D eigenvalue weighted by molar-refractivity contribution is 7.13. The summed E-state index contributed by atoms with van der Waals surface area (Å²) in [5, 5.41) is 21.3. The lowest BCUT2D eigenvalue weighted by Crippen LogP contribution is -2.19. The SMILES string of the molecule is Cc1noc(-c2ccc(-c3ccc(C4(C(=O)O)CC4)cc3)c3snnc23)c1NC(=O)OC(C)c1ccccc1Cl. The number of carbonyl (C=O) groups is 2. The summed E-state index contributed by atoms with van der Waals surface area (Å²) in [6.07, 6.45) is 0.0410. The Kier molecular flexibility index (Phi) is 6.52. The summed E-state index contributed by atoms with van der Waals surface area (Å²) in [6.45, 7) is 3.46. The lowest BCUT2D eigenvalue weighted by Gasteiger charge is -2.15. The van der Waals surface area contributed by atoms with Gasteiger partial charge in [-0.15, -0.1) is 5.10 Å². The number of benzene rings is 3. The van der Waals surface area contributed by atoms with Crippen LogP contribution in [-0.4, -0.2) is 31.9 Å². The quantitative estimate of drug-likeness (QED) is 0.206. The smallest absolute Gasteiger partial charge is 0.412 e. The van der Waals surface area contributed by atoms with Gasteiger partial charge in [0, 0.05) is 16.1 Å². The van der Waals surface area contributed by atoms with E-state index in [0.717, 1.165) is 21.4 Å². The highest BCUT2D eigenvalue weighted by Gasteiger charge is 2.51. The molecule has 11 heteroatoms. The van der Waals surface area contributed by atoms with E-state index in [-0.39, 0.29) is 0 Å². The number of rotatable bonds is 7. The van der Waals surface area contributed by atoms with Gasteiger partial charge in [-0.05, 0) is 61.5 Å². The maximum atomic E-state index is 12.8. The van der Waals surface area contributed by atoms with Crippen molar-refractivity contribution in [2.45, 2.75) is 38.2 Å². The van der Waals surface area contributed by atoms with Crippen molar-refractivity contribution in [2.24, 2.45) is 0 Å². The molecule has 1 saturated carbocycles. The average Bonchev–Trinajstić information content (AvgIpc) is 3.49. The molecule has 0 spiro atoms. The van der Waals surface area contributed by atoms with Crippen LogP contribution in [0.4, 0.5) is 10.5 Å². The van der Waals surface area contributed by atoms with Crippen LogP contribution in [0.1, 0.15) is 42.7 Å². The van der Waals surface area contributed by atoms with Gasteiger partial charge in [0.2, 0.25) is 0 Å². The molecule has 0 aliphatic heterocycles. The first kappa shape index (κ1) is 26.0. The first-order valence-electron chi connectivity index (χ1n) is 12.6. The van der Waals surface area contributed by atoms with E-state index in [0.29, 0.717) is 51.6 Å². The van der Waals surface area contributed by atoms with Gasteiger partial charge in [0.05, 0.1) is 15.7 Å². The lowest BCUT2D eigenvalue weighted by atomic mass is 9.93. The number of hydrogen-bond acceptors (Lipinski definition) is 8. The monoisotopic (exact) mass is 574 g/mol. The van der Waals surface area contributed by atoms with Crippen LogP contribution < -0.4 is 5.32 Å². The average molecular weight is 575 g/mol. The van der Waals surface area contributed by atoms with E-state index in [9.17, 15) is 14.7 Å². The topological polar surface area (TPSA) is 127 Å². The Bertz CT molecular complexity index is 1760. The Morgan fingerprint density at radius 3 is 2.52 bits per heavy atom. The molecule has 2 aromatic heterocycles. The van der Waals surface area contributed by atoms with Gasteiger partial charge in [-0.25, -0.2) is 4.79 Å². The second kappa shape index (κ2) is 10.0. The van der Waals surface area contributed by atoms with E-state index in [1.165, 1.54) is 11.5 Å². The number of aliphatic carboxylic acids is 1. The van der Waals surface area contributed by atoms with Crippen molar-refractivity contribution in [2.75, 3.05) is 5.32 Å². The van der Waals surface area contributed by atoms with Crippen LogP contribution in [-0.2, 0) is 14.9 Å². The molecule has 1 atom stereocenters. The Hall–Kier alpha value is -4.28. The molecule has 1 amide bonds. The number of hydrogen-bond donors (Lipinski definition) is 2.